The summed E-state index contributed by atoms with van der Waals surface area (Å²) in [5, 5.41) is 0.854. The zero-order valence-corrected chi connectivity index (χ0v) is 8.66. The zero-order valence-electron chi connectivity index (χ0n) is 7.84. The minimum Gasteiger partial charge on any atom is -0.468 e. The normalized spacial score (nSPS) is 12.1. The largest absolute Gasteiger partial charge is 0.468 e. The summed E-state index contributed by atoms with van der Waals surface area (Å²) >= 11 is 1.44. The minimum atomic E-state index is -0.591. The second kappa shape index (κ2) is 5.62. The van der Waals surface area contributed by atoms with Crippen LogP contribution in [0.1, 0.15) is 0 Å². The number of carbonyl (C=O) groups is 1. The first-order valence-electron chi connectivity index (χ1n) is 4.11. The smallest absolute Gasteiger partial charge is 0.323 e. The molecule has 0 fully saturated rings. The fourth-order valence-electron chi connectivity index (χ4n) is 0.827. The molecule has 0 saturated carbocycles. The van der Waals surface area contributed by atoms with Gasteiger partial charge in [0.05, 0.1) is 12.1 Å². The van der Waals surface area contributed by atoms with Crippen LogP contribution in [0.25, 0.3) is 0 Å². The van der Waals surface area contributed by atoms with Gasteiger partial charge in [0.25, 0.3) is 0 Å². The molecule has 5 heteroatoms. The molecule has 0 aliphatic rings. The summed E-state index contributed by atoms with van der Waals surface area (Å²) in [6.07, 6.45) is 1.70. The number of thioether (sulfide) groups is 1. The van der Waals surface area contributed by atoms with Crippen molar-refractivity contribution >= 4 is 17.7 Å². The first kappa shape index (κ1) is 11.0. The van der Waals surface area contributed by atoms with Crippen LogP contribution in [0.2, 0.25) is 0 Å². The lowest BCUT2D eigenvalue weighted by molar-refractivity contribution is -0.141. The van der Waals surface area contributed by atoms with Crippen LogP contribution in [0.15, 0.2) is 29.4 Å². The van der Waals surface area contributed by atoms with Gasteiger partial charge in [-0.15, -0.1) is 11.8 Å². The SMILES string of the molecule is COC(=O)C(N)CSc1ccccn1. The van der Waals surface area contributed by atoms with E-state index in [9.17, 15) is 4.79 Å². The van der Waals surface area contributed by atoms with Crippen LogP contribution in [0.5, 0.6) is 0 Å². The number of nitrogens with zero attached hydrogens (tertiary/aromatic N) is 1. The number of hydrogen-bond acceptors (Lipinski definition) is 5. The Balaban J connectivity index is 2.38. The molecule has 0 aliphatic heterocycles. The van der Waals surface area contributed by atoms with E-state index in [0.717, 1.165) is 5.03 Å². The molecule has 14 heavy (non-hydrogen) atoms. The third-order valence-electron chi connectivity index (χ3n) is 1.55. The summed E-state index contributed by atoms with van der Waals surface area (Å²) in [6, 6.07) is 5.00. The number of carbonyl (C=O) groups excluding carboxylic acids is 1. The molecule has 0 aromatic carbocycles. The summed E-state index contributed by atoms with van der Waals surface area (Å²) in [5.74, 6) is 0.0809. The Kier molecular flexibility index (Phi) is 4.42. The number of ether oxygens (including phenoxy) is 1. The van der Waals surface area contributed by atoms with Gasteiger partial charge in [-0.2, -0.15) is 0 Å². The lowest BCUT2D eigenvalue weighted by Gasteiger charge is -2.07. The number of aromatic nitrogens is 1. The lowest BCUT2D eigenvalue weighted by Crippen LogP contribution is -2.33. The van der Waals surface area contributed by atoms with Gasteiger partial charge in [0.2, 0.25) is 0 Å². The van der Waals surface area contributed by atoms with E-state index >= 15 is 0 Å². The van der Waals surface area contributed by atoms with Gasteiger partial charge in [-0.05, 0) is 12.1 Å². The first-order valence-corrected chi connectivity index (χ1v) is 5.10. The van der Waals surface area contributed by atoms with Gasteiger partial charge in [0.15, 0.2) is 0 Å². The average Bonchev–Trinajstić information content (AvgIpc) is 2.26. The molecule has 0 aliphatic carbocycles. The Hall–Kier alpha value is -1.07. The molecule has 0 saturated heterocycles. The number of pyridine rings is 1. The Morgan fingerprint density at radius 3 is 3.07 bits per heavy atom. The van der Waals surface area contributed by atoms with E-state index in [1.807, 2.05) is 18.2 Å². The van der Waals surface area contributed by atoms with Crippen LogP contribution in [-0.2, 0) is 9.53 Å². The van der Waals surface area contributed by atoms with E-state index in [4.69, 9.17) is 5.73 Å². The molecule has 0 spiro atoms. The van der Waals surface area contributed by atoms with Crippen molar-refractivity contribution in [1.82, 2.24) is 4.98 Å². The van der Waals surface area contributed by atoms with E-state index in [2.05, 4.69) is 9.72 Å². The highest BCUT2D eigenvalue weighted by Gasteiger charge is 2.13. The van der Waals surface area contributed by atoms with Crippen LogP contribution in [0.4, 0.5) is 0 Å². The van der Waals surface area contributed by atoms with Crippen molar-refractivity contribution in [2.45, 2.75) is 11.1 Å². The van der Waals surface area contributed by atoms with Crippen molar-refractivity contribution in [3.8, 4) is 0 Å². The molecule has 0 bridgehead atoms. The second-order valence-electron chi connectivity index (χ2n) is 2.61. The molecule has 4 nitrogen and oxygen atoms in total. The van der Waals surface area contributed by atoms with Crippen molar-refractivity contribution in [2.75, 3.05) is 12.9 Å². The molecule has 1 aromatic heterocycles. The predicted octanol–water partition coefficient (Wildman–Crippen LogP) is 0.674. The number of hydrogen-bond donors (Lipinski definition) is 1. The molecule has 2 N–H and O–H groups in total. The van der Waals surface area contributed by atoms with E-state index in [-0.39, 0.29) is 0 Å². The van der Waals surface area contributed by atoms with Gasteiger partial charge >= 0.3 is 5.97 Å². The first-order chi connectivity index (χ1) is 6.74. The van der Waals surface area contributed by atoms with E-state index < -0.39 is 12.0 Å². The quantitative estimate of drug-likeness (QED) is 0.587. The van der Waals surface area contributed by atoms with Gasteiger partial charge in [-0.3, -0.25) is 4.79 Å². The molecule has 1 heterocycles. The highest BCUT2D eigenvalue weighted by atomic mass is 32.2. The molecule has 1 aromatic rings. The molecule has 76 valence electrons. The summed E-state index contributed by atoms with van der Waals surface area (Å²) in [4.78, 5) is 15.0. The third kappa shape index (κ3) is 3.35. The summed E-state index contributed by atoms with van der Waals surface area (Å²) in [7, 11) is 1.33. The lowest BCUT2D eigenvalue weighted by atomic mass is 10.4. The Bertz CT molecular complexity index is 292. The van der Waals surface area contributed by atoms with Gasteiger partial charge in [0.1, 0.15) is 6.04 Å². The van der Waals surface area contributed by atoms with Crippen LogP contribution in [0.3, 0.4) is 0 Å². The topological polar surface area (TPSA) is 65.2 Å². The van der Waals surface area contributed by atoms with Crippen molar-refractivity contribution < 1.29 is 9.53 Å². The maximum absolute atomic E-state index is 11.0. The molecular formula is C9H12N2O2S. The van der Waals surface area contributed by atoms with E-state index in [0.29, 0.717) is 5.75 Å². The maximum Gasteiger partial charge on any atom is 0.323 e. The van der Waals surface area contributed by atoms with Crippen LogP contribution < -0.4 is 5.73 Å². The fraction of sp³-hybridized carbons (Fsp3) is 0.333. The molecule has 1 atom stereocenters. The molecule has 1 rings (SSSR count). The monoisotopic (exact) mass is 212 g/mol. The van der Waals surface area contributed by atoms with Gasteiger partial charge in [-0.25, -0.2) is 4.98 Å². The van der Waals surface area contributed by atoms with Crippen molar-refractivity contribution in [1.29, 1.82) is 0 Å². The van der Waals surface area contributed by atoms with Crippen LogP contribution >= 0.6 is 11.8 Å². The number of nitrogens with two attached hydrogens (primary N) is 1. The van der Waals surface area contributed by atoms with Crippen molar-refractivity contribution in [2.24, 2.45) is 5.73 Å². The Labute approximate surface area is 86.8 Å². The summed E-state index contributed by atoms with van der Waals surface area (Å²) < 4.78 is 4.50. The molecular weight excluding hydrogens is 200 g/mol. The highest BCUT2D eigenvalue weighted by Crippen LogP contribution is 2.14. The molecule has 0 amide bonds. The minimum absolute atomic E-state index is 0.395. The summed E-state index contributed by atoms with van der Waals surface area (Å²) in [6.45, 7) is 0. The fourth-order valence-corrected chi connectivity index (χ4v) is 1.62. The van der Waals surface area contributed by atoms with E-state index in [1.54, 1.807) is 6.20 Å². The van der Waals surface area contributed by atoms with Gasteiger partial charge in [0, 0.05) is 11.9 Å². The van der Waals surface area contributed by atoms with Gasteiger partial charge in [-0.1, -0.05) is 6.07 Å². The van der Waals surface area contributed by atoms with E-state index in [1.165, 1.54) is 18.9 Å². The van der Waals surface area contributed by atoms with Crippen molar-refractivity contribution in [3.63, 3.8) is 0 Å². The maximum atomic E-state index is 11.0. The Morgan fingerprint density at radius 2 is 2.50 bits per heavy atom. The standard InChI is InChI=1S/C9H12N2O2S/c1-13-9(12)7(10)6-14-8-4-2-3-5-11-8/h2-5,7H,6,10H2,1H3. The van der Waals surface area contributed by atoms with Crippen LogP contribution in [0, 0.1) is 0 Å². The highest BCUT2D eigenvalue weighted by molar-refractivity contribution is 7.99. The van der Waals surface area contributed by atoms with Crippen molar-refractivity contribution in [3.05, 3.63) is 24.4 Å². The third-order valence-corrected chi connectivity index (χ3v) is 2.62. The predicted molar refractivity (Wildman–Crippen MR) is 55.0 cm³/mol. The molecule has 0 radical (unpaired) electrons. The second-order valence-corrected chi connectivity index (χ2v) is 3.65. The number of methoxy groups -OCH3 is 1. The zero-order chi connectivity index (χ0) is 10.4. The number of rotatable bonds is 4. The number of esters is 1. The average molecular weight is 212 g/mol. The molecule has 1 unspecified atom stereocenters. The van der Waals surface area contributed by atoms with Gasteiger partial charge < -0.3 is 10.5 Å². The van der Waals surface area contributed by atoms with Crippen LogP contribution in [-0.4, -0.2) is 29.9 Å². The Morgan fingerprint density at radius 1 is 1.71 bits per heavy atom. The summed E-state index contributed by atoms with van der Waals surface area (Å²) in [5.41, 5.74) is 5.55.